The largest absolute Gasteiger partial charge is 0.459 e. The molecular formula is C88H90N2O15. The van der Waals surface area contributed by atoms with Gasteiger partial charge in [-0.1, -0.05) is 187 Å². The zero-order chi connectivity index (χ0) is 73.5. The molecular weight excluding hydrogens is 1320 g/mol. The number of ether oxygens (including phenoxy) is 9. The summed E-state index contributed by atoms with van der Waals surface area (Å²) in [6.45, 7) is 15.0. The summed E-state index contributed by atoms with van der Waals surface area (Å²) in [5, 5.41) is 0. The molecule has 6 aromatic rings. The highest BCUT2D eigenvalue weighted by Gasteiger charge is 2.74. The number of fused-ring (bicyclic) bond motifs is 12. The number of allylic oxidation sites excluding steroid dienone is 3. The first-order valence-corrected chi connectivity index (χ1v) is 36.7. The molecule has 6 fully saturated rings. The minimum atomic E-state index is -1.28. The zero-order valence-corrected chi connectivity index (χ0v) is 60.5. The molecule has 17 heteroatoms. The molecule has 0 aromatic heterocycles. The molecule has 0 radical (unpaired) electrons. The Labute approximate surface area is 612 Å². The van der Waals surface area contributed by atoms with Gasteiger partial charge in [0.2, 0.25) is 0 Å². The summed E-state index contributed by atoms with van der Waals surface area (Å²) in [6, 6.07) is 53.8. The van der Waals surface area contributed by atoms with Crippen molar-refractivity contribution in [3.05, 3.63) is 266 Å². The van der Waals surface area contributed by atoms with Crippen molar-refractivity contribution >= 4 is 54.0 Å². The Morgan fingerprint density at radius 3 is 1.20 bits per heavy atom. The third-order valence-electron chi connectivity index (χ3n) is 24.7. The second kappa shape index (κ2) is 27.4. The molecule has 9 aliphatic rings. The van der Waals surface area contributed by atoms with E-state index in [1.54, 1.807) is 25.2 Å². The number of carbonyl (C=O) groups excluding carboxylic acids is 6. The monoisotopic (exact) mass is 1410 g/mol. The van der Waals surface area contributed by atoms with Crippen LogP contribution in [0.5, 0.6) is 0 Å². The highest BCUT2D eigenvalue weighted by atomic mass is 16.6. The van der Waals surface area contributed by atoms with Gasteiger partial charge in [-0.2, -0.15) is 0 Å². The first-order chi connectivity index (χ1) is 50.4. The lowest BCUT2D eigenvalue weighted by Crippen LogP contribution is -2.55. The highest BCUT2D eigenvalue weighted by molar-refractivity contribution is 5.89. The number of rotatable bonds is 19. The molecule has 4 N–H and O–H groups in total. The first kappa shape index (κ1) is 71.0. The molecule has 17 nitrogen and oxygen atoms in total. The van der Waals surface area contributed by atoms with E-state index in [9.17, 15) is 28.8 Å². The molecule has 6 bridgehead atoms. The number of nitrogens with two attached hydrogens (primary N) is 2. The SMILES string of the molecule is CC(=O)OC1CC2(c3ccccc3)OC1(C)C1CCC(C)=C1C2OC(=O)/C=C/c1ccc(C2CC3C(=C2C)C(OC(=O)/C=C/c2ccc(C4CC5C(=C4C)C(OC(=O)/C=C/c4ccccc4)C4(c6ccccc6)CC(OC(=O)C(C)N)C5(C)O4)cc2)C2(c4ccccc4)CC(OC(=O)CN)C3(C)O2)cc1. The number of esters is 6. The Bertz CT molecular complexity index is 4610. The Kier molecular flexibility index (Phi) is 18.5. The van der Waals surface area contributed by atoms with Gasteiger partial charge in [0.25, 0.3) is 0 Å². The Balaban J connectivity index is 0.702. The lowest BCUT2D eigenvalue weighted by atomic mass is 9.75. The maximum absolute atomic E-state index is 14.8. The van der Waals surface area contributed by atoms with Crippen molar-refractivity contribution in [1.82, 2.24) is 0 Å². The lowest BCUT2D eigenvalue weighted by molar-refractivity contribution is -0.215. The summed E-state index contributed by atoms with van der Waals surface area (Å²) in [7, 11) is 0. The van der Waals surface area contributed by atoms with Crippen LogP contribution >= 0.6 is 0 Å². The molecule has 6 aliphatic heterocycles. The standard InChI is InChI=1S/C88H90N2O15/c1-51-29-41-66-76(51)79(86(61-23-15-10-16-24-61)47-69(97-55(5)91)83(66,6)103-86)100-72(92)43-35-57-30-37-59(38-31-57)64-45-67-77(52(64)2)80(87(62-25-17-11-18-26-62)48-70(84(67,7)104-87)98-75(95)50-89)102-74(94)44-36-58-32-39-60(40-33-58)65-46-68-78(53(65)3)81(101-73(93)42-34-56-21-13-9-14-22-56)88(63-27-19-12-20-28-63)49-71(85(68,8)105-88)99-82(96)54(4)90/h9-28,30-40,42-44,54,64-71,79-81H,29,41,45-50,89-90H2,1-8H3/b42-34+,43-35+,44-36+. The van der Waals surface area contributed by atoms with Crippen molar-refractivity contribution in [2.75, 3.05) is 6.54 Å². The van der Waals surface area contributed by atoms with E-state index in [2.05, 4.69) is 20.8 Å². The molecule has 15 rings (SSSR count). The molecule has 18 unspecified atom stereocenters. The van der Waals surface area contributed by atoms with Gasteiger partial charge < -0.3 is 54.1 Å². The molecule has 105 heavy (non-hydrogen) atoms. The van der Waals surface area contributed by atoms with Crippen LogP contribution in [0.15, 0.2) is 222 Å². The molecule has 6 aromatic carbocycles. The van der Waals surface area contributed by atoms with Gasteiger partial charge in [-0.15, -0.1) is 0 Å². The van der Waals surface area contributed by atoms with Crippen LogP contribution in [0.1, 0.15) is 157 Å². The van der Waals surface area contributed by atoms with E-state index in [-0.39, 0.29) is 54.9 Å². The van der Waals surface area contributed by atoms with E-state index in [1.807, 2.05) is 191 Å². The van der Waals surface area contributed by atoms with Crippen LogP contribution < -0.4 is 11.5 Å². The molecule has 6 saturated heterocycles. The maximum atomic E-state index is 14.8. The van der Waals surface area contributed by atoms with Crippen molar-refractivity contribution in [2.24, 2.45) is 29.2 Å². The summed E-state index contributed by atoms with van der Waals surface area (Å²) >= 11 is 0. The fourth-order valence-corrected chi connectivity index (χ4v) is 19.6. The quantitative estimate of drug-likeness (QED) is 0.0332. The minimum absolute atomic E-state index is 0.112. The third-order valence-corrected chi connectivity index (χ3v) is 24.7. The second-order valence-corrected chi connectivity index (χ2v) is 30.7. The van der Waals surface area contributed by atoms with E-state index in [1.165, 1.54) is 25.2 Å². The number of benzene rings is 6. The van der Waals surface area contributed by atoms with Gasteiger partial charge in [0.05, 0.1) is 6.54 Å². The van der Waals surface area contributed by atoms with Gasteiger partial charge in [-0.25, -0.2) is 14.4 Å². The fraction of sp³-hybridized carbons (Fsp3) is 0.386. The van der Waals surface area contributed by atoms with Crippen LogP contribution in [0.4, 0.5) is 0 Å². The van der Waals surface area contributed by atoms with Crippen LogP contribution in [0.3, 0.4) is 0 Å². The average molecular weight is 1420 g/mol. The van der Waals surface area contributed by atoms with Crippen LogP contribution in [0.2, 0.25) is 0 Å². The van der Waals surface area contributed by atoms with Gasteiger partial charge in [-0.3, -0.25) is 14.4 Å². The van der Waals surface area contributed by atoms with E-state index in [0.717, 1.165) is 90.8 Å². The summed E-state index contributed by atoms with van der Waals surface area (Å²) < 4.78 is 60.5. The van der Waals surface area contributed by atoms with Crippen LogP contribution in [-0.4, -0.2) is 102 Å². The van der Waals surface area contributed by atoms with Crippen molar-refractivity contribution < 1.29 is 71.4 Å². The molecule has 0 amide bonds. The predicted octanol–water partition coefficient (Wildman–Crippen LogP) is 13.8. The van der Waals surface area contributed by atoms with E-state index < -0.39 is 106 Å². The topological polar surface area (TPSA) is 238 Å². The zero-order valence-electron chi connectivity index (χ0n) is 60.5. The smallest absolute Gasteiger partial charge is 0.331 e. The van der Waals surface area contributed by atoms with Gasteiger partial charge in [-0.05, 0) is 154 Å². The molecule has 6 heterocycles. The minimum Gasteiger partial charge on any atom is -0.459 e. The summed E-state index contributed by atoms with van der Waals surface area (Å²) in [6.07, 6.45) is 8.35. The van der Waals surface area contributed by atoms with Crippen molar-refractivity contribution in [3.63, 3.8) is 0 Å². The van der Waals surface area contributed by atoms with Gasteiger partial charge >= 0.3 is 35.8 Å². The van der Waals surface area contributed by atoms with Gasteiger partial charge in [0.1, 0.15) is 58.0 Å². The van der Waals surface area contributed by atoms with E-state index in [0.29, 0.717) is 19.3 Å². The normalized spacial score (nSPS) is 33.6. The number of hydrogen-bond acceptors (Lipinski definition) is 17. The molecule has 3 aliphatic carbocycles. The Morgan fingerprint density at radius 1 is 0.467 bits per heavy atom. The molecule has 18 atom stereocenters. The highest BCUT2D eigenvalue weighted by Crippen LogP contribution is 2.68. The molecule has 0 spiro atoms. The summed E-state index contributed by atoms with van der Waals surface area (Å²) in [4.78, 5) is 82.7. The van der Waals surface area contributed by atoms with Crippen molar-refractivity contribution in [3.8, 4) is 0 Å². The Hall–Kier alpha value is -9.62. The van der Waals surface area contributed by atoms with Gasteiger partial charge in [0.15, 0.2) is 18.3 Å². The van der Waals surface area contributed by atoms with E-state index in [4.69, 9.17) is 54.1 Å². The summed E-state index contributed by atoms with van der Waals surface area (Å²) in [5.41, 5.74) is 18.3. The third kappa shape index (κ3) is 12.2. The number of hydrogen-bond donors (Lipinski definition) is 2. The molecule has 542 valence electrons. The van der Waals surface area contributed by atoms with Crippen LogP contribution in [0.25, 0.3) is 18.2 Å². The fourth-order valence-electron chi connectivity index (χ4n) is 19.6. The van der Waals surface area contributed by atoms with Crippen molar-refractivity contribution in [2.45, 2.75) is 188 Å². The molecule has 0 saturated carbocycles. The maximum Gasteiger partial charge on any atom is 0.331 e. The van der Waals surface area contributed by atoms with Crippen molar-refractivity contribution in [1.29, 1.82) is 0 Å². The Morgan fingerprint density at radius 2 is 0.819 bits per heavy atom. The van der Waals surface area contributed by atoms with Gasteiger partial charge in [0, 0.05) is 74.0 Å². The van der Waals surface area contributed by atoms with E-state index >= 15 is 0 Å². The van der Waals surface area contributed by atoms with Crippen LogP contribution in [0, 0.1) is 17.8 Å². The average Bonchev–Trinajstić information content (AvgIpc) is 1.54. The predicted molar refractivity (Wildman–Crippen MR) is 393 cm³/mol. The first-order valence-electron chi connectivity index (χ1n) is 36.7. The summed E-state index contributed by atoms with van der Waals surface area (Å²) in [5.74, 6) is -4.35. The lowest BCUT2D eigenvalue weighted by Gasteiger charge is -2.48. The second-order valence-electron chi connectivity index (χ2n) is 30.7. The number of carbonyl (C=O) groups is 6. The van der Waals surface area contributed by atoms with Crippen LogP contribution in [-0.2, 0) is 88.2 Å².